The van der Waals surface area contributed by atoms with Gasteiger partial charge in [0, 0.05) is 0 Å². The van der Waals surface area contributed by atoms with Gasteiger partial charge >= 0.3 is 5.97 Å². The maximum absolute atomic E-state index is 11.3. The number of carbonyl (C=O) groups excluding carboxylic acids is 1. The van der Waals surface area contributed by atoms with Crippen LogP contribution in [0.5, 0.6) is 5.75 Å². The number of rotatable bonds is 1. The summed E-state index contributed by atoms with van der Waals surface area (Å²) in [5, 5.41) is 12.3. The van der Waals surface area contributed by atoms with Crippen molar-refractivity contribution in [2.45, 2.75) is 0 Å². The van der Waals surface area contributed by atoms with Crippen molar-refractivity contribution in [3.05, 3.63) is 29.8 Å². The zero-order chi connectivity index (χ0) is 11.3. The number of para-hydroxylation sites is 1. The van der Waals surface area contributed by atoms with E-state index in [1.807, 2.05) is 5.48 Å². The van der Waals surface area contributed by atoms with E-state index in [1.54, 1.807) is 12.1 Å². The van der Waals surface area contributed by atoms with Crippen molar-refractivity contribution in [1.82, 2.24) is 5.48 Å². The number of hydroxylamine groups is 1. The number of carbonyl (C=O) groups is 1. The minimum Gasteiger partial charge on any atom is -0.507 e. The molecule has 0 radical (unpaired) electrons. The maximum atomic E-state index is 11.3. The van der Waals surface area contributed by atoms with Crippen LogP contribution in [0.2, 0.25) is 0 Å². The summed E-state index contributed by atoms with van der Waals surface area (Å²) in [5.74, 6) is 3.56. The highest BCUT2D eigenvalue weighted by atomic mass is 16.7. The van der Waals surface area contributed by atoms with Gasteiger partial charge in [-0.25, -0.2) is 4.79 Å². The molecule has 1 aromatic carbocycles. The first-order chi connectivity index (χ1) is 7.15. The average molecular weight is 210 g/mol. The summed E-state index contributed by atoms with van der Waals surface area (Å²) in [6.45, 7) is 0. The molecule has 80 valence electrons. The number of nitrogens with two attached hydrogens (primary N) is 2. The lowest BCUT2D eigenvalue weighted by Crippen LogP contribution is -2.34. The summed E-state index contributed by atoms with van der Waals surface area (Å²) in [6, 6.07) is 5.91. The van der Waals surface area contributed by atoms with Crippen molar-refractivity contribution in [2.75, 3.05) is 0 Å². The Kier molecular flexibility index (Phi) is 3.33. The molecule has 0 aliphatic carbocycles. The number of hydrogen-bond donors (Lipinski definition) is 4. The molecule has 6 N–H and O–H groups in total. The van der Waals surface area contributed by atoms with Crippen LogP contribution in [0, 0.1) is 0 Å². The molecule has 7 nitrogen and oxygen atoms in total. The first kappa shape index (κ1) is 10.6. The number of hydrazone groups is 1. The maximum Gasteiger partial charge on any atom is 0.366 e. The Morgan fingerprint density at radius 2 is 2.13 bits per heavy atom. The minimum absolute atomic E-state index is 0.00909. The smallest absolute Gasteiger partial charge is 0.366 e. The summed E-state index contributed by atoms with van der Waals surface area (Å²) in [6.07, 6.45) is 0. The van der Waals surface area contributed by atoms with Gasteiger partial charge in [-0.05, 0) is 12.1 Å². The Hall–Kier alpha value is -2.44. The van der Waals surface area contributed by atoms with E-state index in [4.69, 9.17) is 11.6 Å². The third kappa shape index (κ3) is 2.76. The highest BCUT2D eigenvalue weighted by molar-refractivity contribution is 5.93. The summed E-state index contributed by atoms with van der Waals surface area (Å²) in [5.41, 5.74) is 7.12. The number of guanidine groups is 1. The monoisotopic (exact) mass is 210 g/mol. The second-order valence-electron chi connectivity index (χ2n) is 2.52. The van der Waals surface area contributed by atoms with Gasteiger partial charge in [0.15, 0.2) is 0 Å². The Labute approximate surface area is 85.3 Å². The van der Waals surface area contributed by atoms with Gasteiger partial charge in [-0.15, -0.1) is 5.10 Å². The summed E-state index contributed by atoms with van der Waals surface area (Å²) >= 11 is 0. The van der Waals surface area contributed by atoms with Gasteiger partial charge in [0.05, 0.1) is 0 Å². The molecule has 1 rings (SSSR count). The molecule has 0 bridgehead atoms. The van der Waals surface area contributed by atoms with E-state index in [-0.39, 0.29) is 17.3 Å². The van der Waals surface area contributed by atoms with E-state index < -0.39 is 5.97 Å². The number of nitrogens with one attached hydrogen (secondary N) is 1. The minimum atomic E-state index is -0.792. The first-order valence-corrected chi connectivity index (χ1v) is 3.93. The molecule has 0 aliphatic rings. The summed E-state index contributed by atoms with van der Waals surface area (Å²) < 4.78 is 0. The molecule has 0 amide bonds. The van der Waals surface area contributed by atoms with E-state index in [0.29, 0.717) is 0 Å². The number of nitrogens with zero attached hydrogens (tertiary/aromatic N) is 1. The fourth-order valence-electron chi connectivity index (χ4n) is 0.826. The molecule has 0 saturated heterocycles. The highest BCUT2D eigenvalue weighted by Crippen LogP contribution is 2.15. The zero-order valence-corrected chi connectivity index (χ0v) is 7.68. The number of aromatic hydroxyl groups is 1. The average Bonchev–Trinajstić information content (AvgIpc) is 2.26. The van der Waals surface area contributed by atoms with Crippen LogP contribution < -0.4 is 17.1 Å². The quantitative estimate of drug-likeness (QED) is 0.209. The molecular formula is C8H10N4O3. The van der Waals surface area contributed by atoms with Crippen LogP contribution in [0.1, 0.15) is 10.4 Å². The fourth-order valence-corrected chi connectivity index (χ4v) is 0.826. The van der Waals surface area contributed by atoms with Gasteiger partial charge in [0.2, 0.25) is 5.96 Å². The van der Waals surface area contributed by atoms with Crippen molar-refractivity contribution in [3.63, 3.8) is 0 Å². The second-order valence-corrected chi connectivity index (χ2v) is 2.52. The number of phenolic OH excluding ortho intramolecular Hbond substituents is 1. The van der Waals surface area contributed by atoms with Gasteiger partial charge in [0.1, 0.15) is 11.3 Å². The molecule has 0 atom stereocenters. The lowest BCUT2D eigenvalue weighted by atomic mass is 10.2. The van der Waals surface area contributed by atoms with Crippen LogP contribution in [-0.2, 0) is 4.84 Å². The van der Waals surface area contributed by atoms with E-state index >= 15 is 0 Å². The largest absolute Gasteiger partial charge is 0.507 e. The van der Waals surface area contributed by atoms with Crippen molar-refractivity contribution in [1.29, 1.82) is 0 Å². The lowest BCUT2D eigenvalue weighted by molar-refractivity contribution is 0.0380. The number of phenols is 1. The first-order valence-electron chi connectivity index (χ1n) is 3.93. The second kappa shape index (κ2) is 4.70. The van der Waals surface area contributed by atoms with Crippen molar-refractivity contribution >= 4 is 11.9 Å². The van der Waals surface area contributed by atoms with Gasteiger partial charge in [-0.2, -0.15) is 5.48 Å². The third-order valence-electron chi connectivity index (χ3n) is 1.51. The Bertz CT molecular complexity index is 391. The molecule has 0 unspecified atom stereocenters. The topological polar surface area (TPSA) is 123 Å². The van der Waals surface area contributed by atoms with Crippen LogP contribution in [0.4, 0.5) is 0 Å². The van der Waals surface area contributed by atoms with Crippen LogP contribution in [0.3, 0.4) is 0 Å². The highest BCUT2D eigenvalue weighted by Gasteiger charge is 2.11. The predicted molar refractivity (Wildman–Crippen MR) is 52.5 cm³/mol. The van der Waals surface area contributed by atoms with Gasteiger partial charge < -0.3 is 21.5 Å². The van der Waals surface area contributed by atoms with Crippen LogP contribution >= 0.6 is 0 Å². The molecule has 0 spiro atoms. The Morgan fingerprint density at radius 3 is 2.73 bits per heavy atom. The Morgan fingerprint density at radius 1 is 1.47 bits per heavy atom. The van der Waals surface area contributed by atoms with Crippen molar-refractivity contribution in [2.24, 2.45) is 16.7 Å². The SMILES string of the molecule is NN=C(N)NOC(=O)c1ccccc1O. The van der Waals surface area contributed by atoms with Gasteiger partial charge in [-0.1, -0.05) is 12.1 Å². The molecule has 1 aromatic rings. The van der Waals surface area contributed by atoms with Crippen LogP contribution in [0.15, 0.2) is 29.4 Å². The summed E-state index contributed by atoms with van der Waals surface area (Å²) in [4.78, 5) is 15.8. The van der Waals surface area contributed by atoms with E-state index in [0.717, 1.165) is 0 Å². The van der Waals surface area contributed by atoms with Crippen LogP contribution in [0.25, 0.3) is 0 Å². The molecule has 0 aromatic heterocycles. The van der Waals surface area contributed by atoms with E-state index in [1.165, 1.54) is 12.1 Å². The molecule has 0 fully saturated rings. The standard InChI is InChI=1S/C8H10N4O3/c9-8(11-10)12-15-7(14)5-3-1-2-4-6(5)13/h1-4,13H,10H2,(H3,9,11,12). The van der Waals surface area contributed by atoms with E-state index in [9.17, 15) is 9.90 Å². The predicted octanol–water partition coefficient (Wildman–Crippen LogP) is -0.758. The molecular weight excluding hydrogens is 200 g/mol. The molecule has 0 aliphatic heterocycles. The molecule has 0 saturated carbocycles. The normalized spacial score (nSPS) is 10.8. The molecule has 0 heterocycles. The van der Waals surface area contributed by atoms with Gasteiger partial charge in [-0.3, -0.25) is 0 Å². The molecule has 15 heavy (non-hydrogen) atoms. The van der Waals surface area contributed by atoms with Crippen LogP contribution in [-0.4, -0.2) is 17.0 Å². The zero-order valence-electron chi connectivity index (χ0n) is 7.68. The number of benzene rings is 1. The molecule has 7 heteroatoms. The third-order valence-corrected chi connectivity index (χ3v) is 1.51. The lowest BCUT2D eigenvalue weighted by Gasteiger charge is -2.05. The summed E-state index contributed by atoms with van der Waals surface area (Å²) in [7, 11) is 0. The van der Waals surface area contributed by atoms with E-state index in [2.05, 4.69) is 9.94 Å². The number of hydrogen-bond acceptors (Lipinski definition) is 5. The van der Waals surface area contributed by atoms with Gasteiger partial charge in [0.25, 0.3) is 0 Å². The van der Waals surface area contributed by atoms with Crippen molar-refractivity contribution in [3.8, 4) is 5.75 Å². The van der Waals surface area contributed by atoms with Crippen molar-refractivity contribution < 1.29 is 14.7 Å². The fraction of sp³-hybridized carbons (Fsp3) is 0. The Balaban J connectivity index is 2.66.